The number of para-hydroxylation sites is 2. The number of nitrogens with one attached hydrogen (secondary N) is 1. The Morgan fingerprint density at radius 2 is 1.89 bits per heavy atom. The number of H-pyrrole nitrogens is 1. The summed E-state index contributed by atoms with van der Waals surface area (Å²) in [5.41, 5.74) is 3.50. The second-order valence-corrected chi connectivity index (χ2v) is 8.30. The smallest absolute Gasteiger partial charge is 0.172 e. The third-order valence-electron chi connectivity index (χ3n) is 5.66. The Labute approximate surface area is 157 Å². The van der Waals surface area contributed by atoms with Crippen molar-refractivity contribution in [3.8, 4) is 11.5 Å². The number of aromatic amines is 1. The maximum absolute atomic E-state index is 13.2. The summed E-state index contributed by atoms with van der Waals surface area (Å²) in [6.07, 6.45) is 3.16. The van der Waals surface area contributed by atoms with E-state index in [9.17, 15) is 9.90 Å². The number of phenols is 1. The number of aromatic nitrogens is 1. The number of ketones is 1. The van der Waals surface area contributed by atoms with Gasteiger partial charge in [-0.05, 0) is 23.1 Å². The normalized spacial score (nSPS) is 21.0. The number of Topliss-reactive ketones (excluding diaryl/α,β-unsaturated/α-hetero) is 1. The van der Waals surface area contributed by atoms with E-state index in [1.54, 1.807) is 6.07 Å². The Bertz CT molecular complexity index is 1120. The maximum Gasteiger partial charge on any atom is 0.172 e. The van der Waals surface area contributed by atoms with Gasteiger partial charge in [-0.2, -0.15) is 0 Å². The van der Waals surface area contributed by atoms with Crippen LogP contribution in [0.1, 0.15) is 43.7 Å². The van der Waals surface area contributed by atoms with Gasteiger partial charge in [0.25, 0.3) is 0 Å². The number of hydrogen-bond acceptors (Lipinski definition) is 3. The van der Waals surface area contributed by atoms with Gasteiger partial charge in [0.2, 0.25) is 0 Å². The molecule has 5 rings (SSSR count). The first kappa shape index (κ1) is 16.2. The van der Waals surface area contributed by atoms with Crippen LogP contribution in [0, 0.1) is 5.41 Å². The molecule has 4 heteroatoms. The van der Waals surface area contributed by atoms with E-state index in [1.807, 2.05) is 36.5 Å². The molecule has 0 bridgehead atoms. The zero-order valence-electron chi connectivity index (χ0n) is 15.4. The average Bonchev–Trinajstić information content (AvgIpc) is 3.03. The monoisotopic (exact) mass is 359 g/mol. The van der Waals surface area contributed by atoms with Crippen molar-refractivity contribution in [2.75, 3.05) is 0 Å². The number of allylic oxidation sites excluding steroid dienone is 2. The fourth-order valence-corrected chi connectivity index (χ4v) is 4.51. The van der Waals surface area contributed by atoms with Gasteiger partial charge in [-0.15, -0.1) is 0 Å². The molecule has 0 fully saturated rings. The zero-order chi connectivity index (χ0) is 18.8. The molecule has 2 aromatic carbocycles. The van der Waals surface area contributed by atoms with Gasteiger partial charge < -0.3 is 14.8 Å². The summed E-state index contributed by atoms with van der Waals surface area (Å²) in [6.45, 7) is 4.16. The van der Waals surface area contributed by atoms with Crippen LogP contribution in [0.15, 0.2) is 60.0 Å². The van der Waals surface area contributed by atoms with Crippen LogP contribution in [0.2, 0.25) is 0 Å². The molecule has 1 unspecified atom stereocenters. The Morgan fingerprint density at radius 3 is 2.74 bits per heavy atom. The molecule has 0 amide bonds. The second-order valence-electron chi connectivity index (χ2n) is 8.30. The van der Waals surface area contributed by atoms with Crippen LogP contribution >= 0.6 is 0 Å². The van der Waals surface area contributed by atoms with Crippen LogP contribution in [-0.2, 0) is 4.79 Å². The Kier molecular flexibility index (Phi) is 3.29. The molecule has 0 spiro atoms. The first-order valence-electron chi connectivity index (χ1n) is 9.26. The summed E-state index contributed by atoms with van der Waals surface area (Å²) in [4.78, 5) is 16.5. The molecule has 0 saturated carbocycles. The van der Waals surface area contributed by atoms with Gasteiger partial charge in [-0.3, -0.25) is 4.79 Å². The second kappa shape index (κ2) is 5.49. The fraction of sp³-hybridized carbons (Fsp3) is 0.261. The molecular formula is C23H21NO3. The minimum atomic E-state index is -0.240. The van der Waals surface area contributed by atoms with Crippen LogP contribution in [0.4, 0.5) is 0 Å². The average molecular weight is 359 g/mol. The van der Waals surface area contributed by atoms with Crippen LogP contribution in [0.3, 0.4) is 0 Å². The van der Waals surface area contributed by atoms with Crippen LogP contribution in [0.25, 0.3) is 10.9 Å². The molecule has 4 nitrogen and oxygen atoms in total. The van der Waals surface area contributed by atoms with Crippen molar-refractivity contribution in [2.45, 2.75) is 32.6 Å². The third kappa shape index (κ3) is 2.40. The number of benzene rings is 2. The molecule has 2 heterocycles. The molecule has 27 heavy (non-hydrogen) atoms. The summed E-state index contributed by atoms with van der Waals surface area (Å²) >= 11 is 0. The van der Waals surface area contributed by atoms with Gasteiger partial charge in [0, 0.05) is 47.0 Å². The molecule has 0 radical (unpaired) electrons. The number of hydrogen-bond donors (Lipinski definition) is 2. The SMILES string of the molecule is CC1(C)CC(=O)C2=C(C1)Oc1c(O)cccc1C2c1c[nH]c2ccccc12. The topological polar surface area (TPSA) is 62.3 Å². The quantitative estimate of drug-likeness (QED) is 0.640. The summed E-state index contributed by atoms with van der Waals surface area (Å²) in [5.74, 6) is 1.17. The number of fused-ring (bicyclic) bond motifs is 2. The number of ether oxygens (including phenoxy) is 1. The number of carbonyl (C=O) groups excluding carboxylic acids is 1. The lowest BCUT2D eigenvalue weighted by Gasteiger charge is -2.38. The molecule has 2 N–H and O–H groups in total. The van der Waals surface area contributed by atoms with E-state index in [4.69, 9.17) is 4.74 Å². The number of phenolic OH excluding ortho intramolecular Hbond substituents is 1. The molecule has 1 aromatic heterocycles. The summed E-state index contributed by atoms with van der Waals surface area (Å²) in [5, 5.41) is 11.5. The standard InChI is InChI=1S/C23H21NO3/c1-23(2)10-18(26)21-19(11-23)27-22-14(7-5-9-17(22)25)20(21)15-12-24-16-8-4-3-6-13(15)16/h3-9,12,20,24-25H,10-11H2,1-2H3. The minimum absolute atomic E-state index is 0.111. The molecule has 1 atom stereocenters. The lowest BCUT2D eigenvalue weighted by molar-refractivity contribution is -0.118. The predicted octanol–water partition coefficient (Wildman–Crippen LogP) is 5.04. The van der Waals surface area contributed by atoms with Crippen LogP contribution in [0.5, 0.6) is 11.5 Å². The highest BCUT2D eigenvalue weighted by atomic mass is 16.5. The van der Waals surface area contributed by atoms with E-state index < -0.39 is 0 Å². The minimum Gasteiger partial charge on any atom is -0.504 e. The van der Waals surface area contributed by atoms with Crippen molar-refractivity contribution in [3.05, 3.63) is 71.1 Å². The van der Waals surface area contributed by atoms with Crippen molar-refractivity contribution in [2.24, 2.45) is 5.41 Å². The van der Waals surface area contributed by atoms with E-state index in [0.717, 1.165) is 27.6 Å². The van der Waals surface area contributed by atoms with Crippen molar-refractivity contribution >= 4 is 16.7 Å². The molecule has 0 saturated heterocycles. The van der Waals surface area contributed by atoms with Gasteiger partial charge >= 0.3 is 0 Å². The van der Waals surface area contributed by atoms with E-state index in [0.29, 0.717) is 24.4 Å². The highest BCUT2D eigenvalue weighted by Crippen LogP contribution is 2.53. The lowest BCUT2D eigenvalue weighted by atomic mass is 9.70. The Hall–Kier alpha value is -3.01. The van der Waals surface area contributed by atoms with E-state index in [1.165, 1.54) is 0 Å². The molecule has 1 aliphatic carbocycles. The Morgan fingerprint density at radius 1 is 1.07 bits per heavy atom. The van der Waals surface area contributed by atoms with Crippen molar-refractivity contribution in [1.29, 1.82) is 0 Å². The van der Waals surface area contributed by atoms with E-state index in [2.05, 4.69) is 24.9 Å². The largest absolute Gasteiger partial charge is 0.504 e. The lowest BCUT2D eigenvalue weighted by Crippen LogP contribution is -2.32. The zero-order valence-corrected chi connectivity index (χ0v) is 15.4. The molecule has 1 aliphatic heterocycles. The number of rotatable bonds is 1. The van der Waals surface area contributed by atoms with Gasteiger partial charge in [-0.1, -0.05) is 44.2 Å². The van der Waals surface area contributed by atoms with Crippen molar-refractivity contribution in [1.82, 2.24) is 4.98 Å². The van der Waals surface area contributed by atoms with Gasteiger partial charge in [-0.25, -0.2) is 0 Å². The summed E-state index contributed by atoms with van der Waals surface area (Å²) < 4.78 is 6.11. The van der Waals surface area contributed by atoms with Crippen LogP contribution < -0.4 is 4.74 Å². The highest BCUT2D eigenvalue weighted by Gasteiger charge is 2.43. The fourth-order valence-electron chi connectivity index (χ4n) is 4.51. The number of carbonyl (C=O) groups is 1. The Balaban J connectivity index is 1.80. The first-order chi connectivity index (χ1) is 12.9. The summed E-state index contributed by atoms with van der Waals surface area (Å²) in [6, 6.07) is 13.5. The number of aromatic hydroxyl groups is 1. The van der Waals surface area contributed by atoms with Crippen LogP contribution in [-0.4, -0.2) is 15.9 Å². The van der Waals surface area contributed by atoms with E-state index in [-0.39, 0.29) is 22.9 Å². The molecular weight excluding hydrogens is 338 g/mol. The van der Waals surface area contributed by atoms with Gasteiger partial charge in [0.1, 0.15) is 5.76 Å². The summed E-state index contributed by atoms with van der Waals surface area (Å²) in [7, 11) is 0. The van der Waals surface area contributed by atoms with Gasteiger partial charge in [0.05, 0.1) is 0 Å². The van der Waals surface area contributed by atoms with Crippen molar-refractivity contribution in [3.63, 3.8) is 0 Å². The first-order valence-corrected chi connectivity index (χ1v) is 9.26. The third-order valence-corrected chi connectivity index (χ3v) is 5.66. The molecule has 3 aromatic rings. The van der Waals surface area contributed by atoms with Crippen molar-refractivity contribution < 1.29 is 14.6 Å². The highest BCUT2D eigenvalue weighted by molar-refractivity contribution is 6.01. The molecule has 136 valence electrons. The van der Waals surface area contributed by atoms with Gasteiger partial charge in [0.15, 0.2) is 17.3 Å². The molecule has 2 aliphatic rings. The van der Waals surface area contributed by atoms with E-state index >= 15 is 0 Å². The maximum atomic E-state index is 13.2. The predicted molar refractivity (Wildman–Crippen MR) is 104 cm³/mol.